The van der Waals surface area contributed by atoms with Crippen LogP contribution in [0.25, 0.3) is 0 Å². The van der Waals surface area contributed by atoms with Crippen molar-refractivity contribution in [3.05, 3.63) is 33.8 Å². The van der Waals surface area contributed by atoms with E-state index in [4.69, 9.17) is 33.0 Å². The van der Waals surface area contributed by atoms with E-state index in [1.165, 1.54) is 11.9 Å². The minimum atomic E-state index is -1.07. The monoisotopic (exact) mass is 360 g/mol. The molecule has 1 N–H and O–H groups in total. The number of halogens is 2. The average Bonchev–Trinajstić information content (AvgIpc) is 2.50. The molecule has 0 aliphatic carbocycles. The number of benzene rings is 1. The zero-order valence-corrected chi connectivity index (χ0v) is 14.2. The summed E-state index contributed by atoms with van der Waals surface area (Å²) in [5.41, 5.74) is 0.611. The Bertz CT molecular complexity index is 591. The summed E-state index contributed by atoms with van der Waals surface area (Å²) in [6.07, 6.45) is 0. The molecule has 8 heteroatoms. The van der Waals surface area contributed by atoms with Crippen LogP contribution in [0.5, 0.6) is 0 Å². The lowest BCUT2D eigenvalue weighted by Crippen LogP contribution is -2.47. The molecule has 1 atom stereocenters. The van der Waals surface area contributed by atoms with Crippen LogP contribution in [0.2, 0.25) is 10.0 Å². The highest BCUT2D eigenvalue weighted by Gasteiger charge is 2.33. The fourth-order valence-electron chi connectivity index (χ4n) is 2.53. The highest BCUT2D eigenvalue weighted by molar-refractivity contribution is 6.35. The van der Waals surface area contributed by atoms with E-state index >= 15 is 0 Å². The lowest BCUT2D eigenvalue weighted by Gasteiger charge is -2.36. The summed E-state index contributed by atoms with van der Waals surface area (Å²) >= 11 is 12.2. The van der Waals surface area contributed by atoms with Crippen LogP contribution < -0.4 is 0 Å². The molecule has 0 spiro atoms. The number of hydrogen-bond acceptors (Lipinski definition) is 4. The normalized spacial score (nSPS) is 16.8. The van der Waals surface area contributed by atoms with Gasteiger partial charge in [-0.05, 0) is 17.7 Å². The van der Waals surface area contributed by atoms with Gasteiger partial charge in [0.2, 0.25) is 5.91 Å². The van der Waals surface area contributed by atoms with Crippen LogP contribution in [0.4, 0.5) is 0 Å². The van der Waals surface area contributed by atoms with Crippen LogP contribution in [-0.2, 0) is 14.3 Å². The van der Waals surface area contributed by atoms with Crippen molar-refractivity contribution < 1.29 is 19.4 Å². The number of carbonyl (C=O) groups is 2. The second kappa shape index (κ2) is 7.97. The standard InChI is InChI=1S/C15H18Cl2N2O4/c1-18(9-13(20)21)15(22)14(19-4-6-23-7-5-19)11-3-2-10(16)8-12(11)17/h2-3,8,14H,4-7,9H2,1H3,(H,20,21). The Morgan fingerprint density at radius 3 is 2.57 bits per heavy atom. The molecule has 1 aliphatic heterocycles. The molecule has 1 aliphatic rings. The number of morpholine rings is 1. The van der Waals surface area contributed by atoms with Crippen molar-refractivity contribution in [1.29, 1.82) is 0 Å². The molecule has 6 nitrogen and oxygen atoms in total. The number of hydrogen-bond donors (Lipinski definition) is 1. The van der Waals surface area contributed by atoms with Gasteiger partial charge in [-0.25, -0.2) is 0 Å². The Morgan fingerprint density at radius 2 is 2.00 bits per heavy atom. The Hall–Kier alpha value is -1.34. The van der Waals surface area contributed by atoms with Gasteiger partial charge in [-0.15, -0.1) is 0 Å². The van der Waals surface area contributed by atoms with Crippen LogP contribution in [0.3, 0.4) is 0 Å². The zero-order valence-electron chi connectivity index (χ0n) is 12.7. The van der Waals surface area contributed by atoms with Gasteiger partial charge < -0.3 is 14.7 Å². The predicted octanol–water partition coefficient (Wildman–Crippen LogP) is 1.91. The molecule has 0 saturated carbocycles. The highest BCUT2D eigenvalue weighted by atomic mass is 35.5. The number of ether oxygens (including phenoxy) is 1. The molecule has 1 saturated heterocycles. The number of aliphatic carboxylic acids is 1. The first-order valence-corrected chi connectivity index (χ1v) is 7.89. The summed E-state index contributed by atoms with van der Waals surface area (Å²) < 4.78 is 5.33. The molecule has 1 heterocycles. The van der Waals surface area contributed by atoms with Gasteiger partial charge in [-0.3, -0.25) is 14.5 Å². The van der Waals surface area contributed by atoms with Gasteiger partial charge in [0.1, 0.15) is 12.6 Å². The summed E-state index contributed by atoms with van der Waals surface area (Å²) in [5, 5.41) is 9.77. The second-order valence-electron chi connectivity index (χ2n) is 5.30. The van der Waals surface area contributed by atoms with Crippen LogP contribution >= 0.6 is 23.2 Å². The third-order valence-corrected chi connectivity index (χ3v) is 4.21. The Kier molecular flexibility index (Phi) is 6.24. The first kappa shape index (κ1) is 18.0. The molecular formula is C15H18Cl2N2O4. The third-order valence-electron chi connectivity index (χ3n) is 3.65. The van der Waals surface area contributed by atoms with Gasteiger partial charge in [0.15, 0.2) is 0 Å². The molecule has 126 valence electrons. The van der Waals surface area contributed by atoms with E-state index < -0.39 is 12.0 Å². The molecule has 1 aromatic carbocycles. The van der Waals surface area contributed by atoms with E-state index in [0.717, 1.165) is 0 Å². The van der Waals surface area contributed by atoms with Gasteiger partial charge in [0.05, 0.1) is 13.2 Å². The van der Waals surface area contributed by atoms with Crippen LogP contribution in [0.1, 0.15) is 11.6 Å². The van der Waals surface area contributed by atoms with Gasteiger partial charge in [-0.2, -0.15) is 0 Å². The maximum atomic E-state index is 12.8. The van der Waals surface area contributed by atoms with Gasteiger partial charge in [0, 0.05) is 30.2 Å². The molecule has 0 bridgehead atoms. The number of carboxylic acids is 1. The SMILES string of the molecule is CN(CC(=O)O)C(=O)C(c1ccc(Cl)cc1Cl)N1CCOCC1. The van der Waals surface area contributed by atoms with Gasteiger partial charge in [-0.1, -0.05) is 29.3 Å². The number of amides is 1. The molecule has 1 aromatic rings. The minimum Gasteiger partial charge on any atom is -0.480 e. The predicted molar refractivity (Wildman–Crippen MR) is 86.9 cm³/mol. The van der Waals surface area contributed by atoms with E-state index in [1.807, 2.05) is 4.90 Å². The van der Waals surface area contributed by atoms with Crippen molar-refractivity contribution in [1.82, 2.24) is 9.80 Å². The molecule has 23 heavy (non-hydrogen) atoms. The Labute approximate surface area is 144 Å². The Morgan fingerprint density at radius 1 is 1.35 bits per heavy atom. The van der Waals surface area contributed by atoms with Crippen molar-refractivity contribution in [3.63, 3.8) is 0 Å². The van der Waals surface area contributed by atoms with Crippen LogP contribution in [0.15, 0.2) is 18.2 Å². The molecule has 1 unspecified atom stereocenters. The number of likely N-dealkylation sites (N-methyl/N-ethyl adjacent to an activating group) is 1. The van der Waals surface area contributed by atoms with Crippen LogP contribution in [0, 0.1) is 0 Å². The van der Waals surface area contributed by atoms with Crippen LogP contribution in [-0.4, -0.2) is 66.7 Å². The van der Waals surface area contributed by atoms with E-state index in [-0.39, 0.29) is 12.5 Å². The fraction of sp³-hybridized carbons (Fsp3) is 0.467. The summed E-state index contributed by atoms with van der Waals surface area (Å²) in [7, 11) is 1.47. The molecule has 0 radical (unpaired) electrons. The smallest absolute Gasteiger partial charge is 0.323 e. The fourth-order valence-corrected chi connectivity index (χ4v) is 3.05. The largest absolute Gasteiger partial charge is 0.480 e. The number of carbonyl (C=O) groups excluding carboxylic acids is 1. The van der Waals surface area contributed by atoms with Crippen molar-refractivity contribution in [2.75, 3.05) is 39.9 Å². The van der Waals surface area contributed by atoms with E-state index in [9.17, 15) is 9.59 Å². The van der Waals surface area contributed by atoms with Crippen molar-refractivity contribution in [3.8, 4) is 0 Å². The van der Waals surface area contributed by atoms with Crippen molar-refractivity contribution in [2.24, 2.45) is 0 Å². The molecular weight excluding hydrogens is 343 g/mol. The molecule has 0 aromatic heterocycles. The third kappa shape index (κ3) is 4.57. The highest BCUT2D eigenvalue weighted by Crippen LogP contribution is 2.31. The van der Waals surface area contributed by atoms with Crippen molar-refractivity contribution >= 4 is 35.1 Å². The minimum absolute atomic E-state index is 0.321. The van der Waals surface area contributed by atoms with Gasteiger partial charge in [0.25, 0.3) is 0 Å². The van der Waals surface area contributed by atoms with E-state index in [1.54, 1.807) is 18.2 Å². The van der Waals surface area contributed by atoms with Crippen molar-refractivity contribution in [2.45, 2.75) is 6.04 Å². The lowest BCUT2D eigenvalue weighted by molar-refractivity contribution is -0.146. The van der Waals surface area contributed by atoms with E-state index in [0.29, 0.717) is 41.9 Å². The molecule has 2 rings (SSSR count). The number of rotatable bonds is 5. The topological polar surface area (TPSA) is 70.1 Å². The molecule has 1 fully saturated rings. The average molecular weight is 361 g/mol. The summed E-state index contributed by atoms with van der Waals surface area (Å²) in [6, 6.07) is 4.29. The van der Waals surface area contributed by atoms with E-state index in [2.05, 4.69) is 0 Å². The maximum Gasteiger partial charge on any atom is 0.323 e. The quantitative estimate of drug-likeness (QED) is 0.868. The van der Waals surface area contributed by atoms with Gasteiger partial charge >= 0.3 is 5.97 Å². The zero-order chi connectivity index (χ0) is 17.0. The first-order chi connectivity index (χ1) is 10.9. The second-order valence-corrected chi connectivity index (χ2v) is 6.15. The summed E-state index contributed by atoms with van der Waals surface area (Å²) in [4.78, 5) is 26.8. The number of carboxylic acid groups (broad SMARTS) is 1. The number of nitrogens with zero attached hydrogens (tertiary/aromatic N) is 2. The summed E-state index contributed by atoms with van der Waals surface area (Å²) in [5.74, 6) is -1.39. The maximum absolute atomic E-state index is 12.8. The summed E-state index contributed by atoms with van der Waals surface area (Å²) in [6.45, 7) is 1.78. The lowest BCUT2D eigenvalue weighted by atomic mass is 10.0. The first-order valence-electron chi connectivity index (χ1n) is 7.13. The Balaban J connectivity index is 2.34. The molecule has 1 amide bonds.